The Labute approximate surface area is 118 Å². The first-order valence-corrected chi connectivity index (χ1v) is 6.84. The van der Waals surface area contributed by atoms with Gasteiger partial charge in [-0.25, -0.2) is 4.79 Å². The van der Waals surface area contributed by atoms with Gasteiger partial charge < -0.3 is 15.0 Å². The lowest BCUT2D eigenvalue weighted by Gasteiger charge is -2.12. The lowest BCUT2D eigenvalue weighted by atomic mass is 10.2. The molecule has 0 spiro atoms. The summed E-state index contributed by atoms with van der Waals surface area (Å²) in [6.45, 7) is 2.31. The highest BCUT2D eigenvalue weighted by atomic mass is 16.6. The van der Waals surface area contributed by atoms with Crippen LogP contribution in [0, 0.1) is 0 Å². The average molecular weight is 277 g/mol. The molecule has 6 heteroatoms. The normalized spacial score (nSPS) is 14.2. The fourth-order valence-corrected chi connectivity index (χ4v) is 2.00. The second-order valence-corrected chi connectivity index (χ2v) is 4.63. The second-order valence-electron chi connectivity index (χ2n) is 4.63. The van der Waals surface area contributed by atoms with Crippen LogP contribution in [0.15, 0.2) is 24.4 Å². The zero-order valence-corrected chi connectivity index (χ0v) is 11.4. The maximum absolute atomic E-state index is 11.6. The van der Waals surface area contributed by atoms with Crippen molar-refractivity contribution < 1.29 is 14.3 Å². The number of carbonyl (C=O) groups is 2. The van der Waals surface area contributed by atoms with Crippen molar-refractivity contribution in [3.63, 3.8) is 0 Å². The fourth-order valence-electron chi connectivity index (χ4n) is 2.00. The fraction of sp³-hybridized carbons (Fsp3) is 0.500. The molecule has 6 nitrogen and oxygen atoms in total. The molecule has 1 aromatic rings. The highest BCUT2D eigenvalue weighted by Crippen LogP contribution is 2.03. The number of rotatable bonds is 7. The van der Waals surface area contributed by atoms with E-state index in [2.05, 4.69) is 10.3 Å². The van der Waals surface area contributed by atoms with Gasteiger partial charge >= 0.3 is 6.09 Å². The molecule has 1 aliphatic heterocycles. The van der Waals surface area contributed by atoms with Crippen molar-refractivity contribution in [3.8, 4) is 0 Å². The van der Waals surface area contributed by atoms with Gasteiger partial charge in [0, 0.05) is 31.4 Å². The first kappa shape index (κ1) is 14.3. The van der Waals surface area contributed by atoms with E-state index in [0.29, 0.717) is 39.1 Å². The zero-order valence-electron chi connectivity index (χ0n) is 11.4. The van der Waals surface area contributed by atoms with Gasteiger partial charge in [0.1, 0.15) is 6.61 Å². The van der Waals surface area contributed by atoms with Crippen molar-refractivity contribution in [2.45, 2.75) is 19.3 Å². The second kappa shape index (κ2) is 7.47. The van der Waals surface area contributed by atoms with E-state index >= 15 is 0 Å². The molecule has 0 bridgehead atoms. The van der Waals surface area contributed by atoms with Gasteiger partial charge in [-0.1, -0.05) is 6.07 Å². The van der Waals surface area contributed by atoms with Gasteiger partial charge in [0.2, 0.25) is 5.91 Å². The molecular formula is C14H19N3O3. The molecule has 108 valence electrons. The van der Waals surface area contributed by atoms with Crippen LogP contribution in [0.5, 0.6) is 0 Å². The molecule has 1 N–H and O–H groups in total. The minimum Gasteiger partial charge on any atom is -0.448 e. The summed E-state index contributed by atoms with van der Waals surface area (Å²) >= 11 is 0. The van der Waals surface area contributed by atoms with E-state index in [-0.39, 0.29) is 12.0 Å². The third-order valence-corrected chi connectivity index (χ3v) is 3.11. The third kappa shape index (κ3) is 4.53. The van der Waals surface area contributed by atoms with Crippen LogP contribution < -0.4 is 5.32 Å². The lowest BCUT2D eigenvalue weighted by Crippen LogP contribution is -2.30. The summed E-state index contributed by atoms with van der Waals surface area (Å²) in [5.41, 5.74) is 0.919. The number of hydrogen-bond acceptors (Lipinski definition) is 4. The Morgan fingerprint density at radius 3 is 3.05 bits per heavy atom. The summed E-state index contributed by atoms with van der Waals surface area (Å²) in [6.07, 6.45) is 3.28. The summed E-state index contributed by atoms with van der Waals surface area (Å²) < 4.78 is 4.82. The van der Waals surface area contributed by atoms with Crippen molar-refractivity contribution >= 4 is 12.0 Å². The molecule has 1 aliphatic rings. The van der Waals surface area contributed by atoms with Gasteiger partial charge in [-0.05, 0) is 25.0 Å². The van der Waals surface area contributed by atoms with Gasteiger partial charge in [-0.3, -0.25) is 9.78 Å². The lowest BCUT2D eigenvalue weighted by molar-refractivity contribution is -0.121. The van der Waals surface area contributed by atoms with E-state index < -0.39 is 0 Å². The van der Waals surface area contributed by atoms with E-state index in [9.17, 15) is 9.59 Å². The average Bonchev–Trinajstić information content (AvgIpc) is 2.88. The Kier molecular flexibility index (Phi) is 5.34. The summed E-state index contributed by atoms with van der Waals surface area (Å²) in [4.78, 5) is 28.6. The summed E-state index contributed by atoms with van der Waals surface area (Å²) in [5.74, 6) is 0.0136. The van der Waals surface area contributed by atoms with Crippen LogP contribution in [0.2, 0.25) is 0 Å². The number of hydrogen-bond donors (Lipinski definition) is 1. The molecule has 0 atom stereocenters. The van der Waals surface area contributed by atoms with Crippen LogP contribution in [0.1, 0.15) is 18.5 Å². The van der Waals surface area contributed by atoms with Crippen molar-refractivity contribution in [1.29, 1.82) is 0 Å². The molecule has 2 rings (SSSR count). The minimum atomic E-state index is -0.258. The molecule has 20 heavy (non-hydrogen) atoms. The van der Waals surface area contributed by atoms with E-state index in [1.807, 2.05) is 18.2 Å². The molecule has 1 saturated heterocycles. The van der Waals surface area contributed by atoms with Crippen LogP contribution in [-0.2, 0) is 16.0 Å². The molecule has 0 unspecified atom stereocenters. The maximum Gasteiger partial charge on any atom is 0.409 e. The first-order chi connectivity index (χ1) is 9.75. The Balaban J connectivity index is 1.55. The van der Waals surface area contributed by atoms with Crippen molar-refractivity contribution in [1.82, 2.24) is 15.2 Å². The Hall–Kier alpha value is -2.11. The van der Waals surface area contributed by atoms with Gasteiger partial charge in [0.25, 0.3) is 0 Å². The number of cyclic esters (lactones) is 1. The largest absolute Gasteiger partial charge is 0.448 e. The zero-order chi connectivity index (χ0) is 14.2. The number of nitrogens with zero attached hydrogens (tertiary/aromatic N) is 2. The number of aryl methyl sites for hydroxylation is 1. The monoisotopic (exact) mass is 277 g/mol. The quantitative estimate of drug-likeness (QED) is 0.754. The van der Waals surface area contributed by atoms with Crippen molar-refractivity contribution in [3.05, 3.63) is 30.1 Å². The van der Waals surface area contributed by atoms with E-state index in [4.69, 9.17) is 4.74 Å². The van der Waals surface area contributed by atoms with E-state index in [1.165, 1.54) is 0 Å². The Morgan fingerprint density at radius 2 is 2.35 bits per heavy atom. The van der Waals surface area contributed by atoms with Gasteiger partial charge in [-0.2, -0.15) is 0 Å². The van der Waals surface area contributed by atoms with Crippen molar-refractivity contribution in [2.75, 3.05) is 26.2 Å². The Morgan fingerprint density at radius 1 is 1.45 bits per heavy atom. The summed E-state index contributed by atoms with van der Waals surface area (Å²) in [5, 5.41) is 2.85. The molecule has 1 fully saturated rings. The standard InChI is InChI=1S/C14H19N3O3/c18-13(6-5-12-4-1-2-7-15-12)16-8-3-9-17-10-11-20-14(17)19/h1-2,4,7H,3,5-6,8-11H2,(H,16,18). The highest BCUT2D eigenvalue weighted by Gasteiger charge is 2.20. The molecule has 0 radical (unpaired) electrons. The van der Waals surface area contributed by atoms with Crippen LogP contribution in [0.25, 0.3) is 0 Å². The maximum atomic E-state index is 11.6. The molecule has 2 amide bonds. The van der Waals surface area contributed by atoms with Gasteiger partial charge in [0.15, 0.2) is 0 Å². The van der Waals surface area contributed by atoms with Crippen LogP contribution >= 0.6 is 0 Å². The highest BCUT2D eigenvalue weighted by molar-refractivity contribution is 5.76. The van der Waals surface area contributed by atoms with Crippen LogP contribution in [0.4, 0.5) is 4.79 Å². The number of carbonyl (C=O) groups excluding carboxylic acids is 2. The van der Waals surface area contributed by atoms with E-state index in [0.717, 1.165) is 12.1 Å². The molecular weight excluding hydrogens is 258 g/mol. The number of nitrogens with one attached hydrogen (secondary N) is 1. The van der Waals surface area contributed by atoms with Gasteiger partial charge in [0.05, 0.1) is 6.54 Å². The Bertz CT molecular complexity index is 450. The molecule has 0 aromatic carbocycles. The molecule has 1 aromatic heterocycles. The molecule has 0 saturated carbocycles. The van der Waals surface area contributed by atoms with Crippen molar-refractivity contribution in [2.24, 2.45) is 0 Å². The number of ether oxygens (including phenoxy) is 1. The van der Waals surface area contributed by atoms with Gasteiger partial charge in [-0.15, -0.1) is 0 Å². The van der Waals surface area contributed by atoms with E-state index in [1.54, 1.807) is 11.1 Å². The summed E-state index contributed by atoms with van der Waals surface area (Å²) in [7, 11) is 0. The van der Waals surface area contributed by atoms with Crippen LogP contribution in [0.3, 0.4) is 0 Å². The SMILES string of the molecule is O=C(CCc1ccccn1)NCCCN1CCOC1=O. The number of amides is 2. The predicted molar refractivity (Wildman–Crippen MR) is 73.1 cm³/mol. The van der Waals surface area contributed by atoms with Crippen LogP contribution in [-0.4, -0.2) is 48.1 Å². The minimum absolute atomic E-state index is 0.0136. The first-order valence-electron chi connectivity index (χ1n) is 6.84. The molecule has 2 heterocycles. The predicted octanol–water partition coefficient (Wildman–Crippen LogP) is 0.973. The molecule has 0 aliphatic carbocycles. The third-order valence-electron chi connectivity index (χ3n) is 3.11. The number of pyridine rings is 1. The summed E-state index contributed by atoms with van der Waals surface area (Å²) in [6, 6.07) is 5.68. The number of aromatic nitrogens is 1. The topological polar surface area (TPSA) is 71.5 Å². The smallest absolute Gasteiger partial charge is 0.409 e.